The third-order valence-corrected chi connectivity index (χ3v) is 8.82. The van der Waals surface area contributed by atoms with E-state index < -0.39 is 0 Å². The molecular formula is C26H39N3O2. The second-order valence-corrected chi connectivity index (χ2v) is 11.4. The summed E-state index contributed by atoms with van der Waals surface area (Å²) in [7, 11) is 0. The zero-order chi connectivity index (χ0) is 21.9. The van der Waals surface area contributed by atoms with Gasteiger partial charge in [0, 0.05) is 49.2 Å². The maximum atomic E-state index is 13.6. The summed E-state index contributed by atoms with van der Waals surface area (Å²) in [5, 5.41) is 0. The Morgan fingerprint density at radius 3 is 2.00 bits per heavy atom. The Kier molecular flexibility index (Phi) is 5.31. The van der Waals surface area contributed by atoms with Crippen molar-refractivity contribution in [2.45, 2.75) is 72.3 Å². The molecule has 31 heavy (non-hydrogen) atoms. The van der Waals surface area contributed by atoms with Gasteiger partial charge < -0.3 is 9.47 Å². The van der Waals surface area contributed by atoms with Crippen molar-refractivity contribution >= 4 is 11.7 Å². The Morgan fingerprint density at radius 2 is 1.52 bits per heavy atom. The third kappa shape index (κ3) is 3.67. The molecule has 4 bridgehead atoms. The lowest BCUT2D eigenvalue weighted by molar-refractivity contribution is -0.159. The number of rotatable bonds is 5. The van der Waals surface area contributed by atoms with Crippen LogP contribution in [0.2, 0.25) is 0 Å². The molecule has 1 aromatic rings. The first-order valence-corrected chi connectivity index (χ1v) is 12.5. The highest BCUT2D eigenvalue weighted by molar-refractivity contribution is 5.99. The number of carbonyl (C=O) groups is 2. The Balaban J connectivity index is 1.19. The number of Topliss-reactive ketones (excluding diaryl/α,β-unsaturated/α-hetero) is 1. The van der Waals surface area contributed by atoms with Gasteiger partial charge in [0.25, 0.3) is 0 Å². The largest absolute Gasteiger partial charge is 0.346 e. The molecule has 1 aromatic heterocycles. The number of carbonyl (C=O) groups excluding carboxylic acids is 2. The Hall–Kier alpha value is -1.62. The van der Waals surface area contributed by atoms with Gasteiger partial charge in [0.1, 0.15) is 0 Å². The molecular weight excluding hydrogens is 386 g/mol. The van der Waals surface area contributed by atoms with Gasteiger partial charge in [-0.3, -0.25) is 14.5 Å². The molecule has 0 radical (unpaired) electrons. The zero-order valence-corrected chi connectivity index (χ0v) is 19.8. The maximum Gasteiger partial charge on any atom is 0.228 e. The minimum absolute atomic E-state index is 0.0405. The van der Waals surface area contributed by atoms with E-state index in [1.165, 1.54) is 19.3 Å². The van der Waals surface area contributed by atoms with E-state index in [0.717, 1.165) is 80.1 Å². The molecule has 2 heterocycles. The molecule has 1 amide bonds. The number of hydrogen-bond acceptors (Lipinski definition) is 3. The fourth-order valence-electron chi connectivity index (χ4n) is 7.96. The average molecular weight is 426 g/mol. The van der Waals surface area contributed by atoms with E-state index >= 15 is 0 Å². The highest BCUT2D eigenvalue weighted by Gasteiger charge is 2.55. The minimum Gasteiger partial charge on any atom is -0.346 e. The average Bonchev–Trinajstić information content (AvgIpc) is 3.01. The van der Waals surface area contributed by atoms with E-state index in [-0.39, 0.29) is 11.2 Å². The second kappa shape index (κ2) is 7.75. The van der Waals surface area contributed by atoms with Crippen molar-refractivity contribution in [1.82, 2.24) is 14.4 Å². The molecule has 5 nitrogen and oxygen atoms in total. The zero-order valence-electron chi connectivity index (χ0n) is 19.8. The van der Waals surface area contributed by atoms with Crippen molar-refractivity contribution in [3.8, 4) is 0 Å². The number of piperazine rings is 1. The Labute approximate surface area is 187 Å². The van der Waals surface area contributed by atoms with Gasteiger partial charge >= 0.3 is 0 Å². The van der Waals surface area contributed by atoms with E-state index in [1.807, 2.05) is 6.07 Å². The summed E-state index contributed by atoms with van der Waals surface area (Å²) in [6.45, 7) is 12.1. The first-order valence-electron chi connectivity index (χ1n) is 12.5. The highest BCUT2D eigenvalue weighted by atomic mass is 16.2. The first kappa shape index (κ1) is 21.2. The number of nitrogens with zero attached hydrogens (tertiary/aromatic N) is 3. The van der Waals surface area contributed by atoms with Gasteiger partial charge in [-0.05, 0) is 90.0 Å². The smallest absolute Gasteiger partial charge is 0.228 e. The van der Waals surface area contributed by atoms with Crippen LogP contribution < -0.4 is 0 Å². The lowest BCUT2D eigenvalue weighted by Crippen LogP contribution is -2.58. The second-order valence-electron chi connectivity index (χ2n) is 11.4. The van der Waals surface area contributed by atoms with Crippen molar-refractivity contribution in [2.75, 3.05) is 32.7 Å². The lowest BCUT2D eigenvalue weighted by atomic mass is 9.49. The number of amides is 1. The summed E-state index contributed by atoms with van der Waals surface area (Å²) in [6, 6.07) is 2.41. The van der Waals surface area contributed by atoms with Crippen LogP contribution >= 0.6 is 0 Å². The SMILES string of the molecule is Cc1cc(C(=O)CN2CCN(C(=O)C34CC5CC(CC(C5)C3)C4)CC2)c(C)n1C(C)C. The van der Waals surface area contributed by atoms with Gasteiger partial charge in [-0.15, -0.1) is 0 Å². The molecule has 0 unspecified atom stereocenters. The van der Waals surface area contributed by atoms with Crippen LogP contribution in [-0.4, -0.2) is 58.8 Å². The van der Waals surface area contributed by atoms with E-state index in [4.69, 9.17) is 0 Å². The van der Waals surface area contributed by atoms with Crippen LogP contribution in [0.5, 0.6) is 0 Å². The van der Waals surface area contributed by atoms with Crippen LogP contribution in [-0.2, 0) is 4.79 Å². The number of ketones is 1. The summed E-state index contributed by atoms with van der Waals surface area (Å²) in [5.74, 6) is 3.07. The van der Waals surface area contributed by atoms with Crippen molar-refractivity contribution in [1.29, 1.82) is 0 Å². The molecule has 4 saturated carbocycles. The monoisotopic (exact) mass is 425 g/mol. The van der Waals surface area contributed by atoms with Crippen molar-refractivity contribution < 1.29 is 9.59 Å². The van der Waals surface area contributed by atoms with Crippen LogP contribution in [0.1, 0.15) is 80.2 Å². The summed E-state index contributed by atoms with van der Waals surface area (Å²) in [5.41, 5.74) is 3.05. The number of hydrogen-bond donors (Lipinski definition) is 0. The van der Waals surface area contributed by atoms with E-state index in [9.17, 15) is 9.59 Å². The predicted octanol–water partition coefficient (Wildman–Crippen LogP) is 4.23. The number of aryl methyl sites for hydroxylation is 1. The van der Waals surface area contributed by atoms with Crippen molar-refractivity contribution in [3.05, 3.63) is 23.0 Å². The lowest BCUT2D eigenvalue weighted by Gasteiger charge is -2.57. The van der Waals surface area contributed by atoms with E-state index in [1.54, 1.807) is 0 Å². The minimum atomic E-state index is -0.0405. The standard InChI is InChI=1S/C26H39N3O2/c1-17(2)29-18(3)9-23(19(29)4)24(30)16-27-5-7-28(8-6-27)25(31)26-13-20-10-21(14-26)12-22(11-20)15-26/h9,17,20-22H,5-8,10-16H2,1-4H3. The fraction of sp³-hybridized carbons (Fsp3) is 0.769. The molecule has 1 aliphatic heterocycles. The first-order chi connectivity index (χ1) is 14.8. The summed E-state index contributed by atoms with van der Waals surface area (Å²) in [6.07, 6.45) is 7.55. The molecule has 0 spiro atoms. The van der Waals surface area contributed by atoms with Gasteiger partial charge in [0.2, 0.25) is 5.91 Å². The summed E-state index contributed by atoms with van der Waals surface area (Å²) >= 11 is 0. The van der Waals surface area contributed by atoms with Gasteiger partial charge in [0.05, 0.1) is 12.0 Å². The molecule has 5 aliphatic rings. The summed E-state index contributed by atoms with van der Waals surface area (Å²) in [4.78, 5) is 31.0. The molecule has 5 fully saturated rings. The molecule has 1 saturated heterocycles. The van der Waals surface area contributed by atoms with Crippen molar-refractivity contribution in [2.24, 2.45) is 23.2 Å². The van der Waals surface area contributed by atoms with E-state index in [2.05, 4.69) is 42.1 Å². The molecule has 4 aliphatic carbocycles. The highest BCUT2D eigenvalue weighted by Crippen LogP contribution is 2.60. The van der Waals surface area contributed by atoms with Crippen LogP contribution in [0.4, 0.5) is 0 Å². The molecule has 6 rings (SSSR count). The van der Waals surface area contributed by atoms with Gasteiger partial charge in [-0.1, -0.05) is 0 Å². The summed E-state index contributed by atoms with van der Waals surface area (Å²) < 4.78 is 2.25. The number of aromatic nitrogens is 1. The molecule has 0 atom stereocenters. The van der Waals surface area contributed by atoms with E-state index in [0.29, 0.717) is 18.5 Å². The van der Waals surface area contributed by atoms with Crippen molar-refractivity contribution in [3.63, 3.8) is 0 Å². The normalized spacial score (nSPS) is 32.8. The van der Waals surface area contributed by atoms with Crippen LogP contribution in [0, 0.1) is 37.0 Å². The Bertz CT molecular complexity index is 840. The van der Waals surface area contributed by atoms with Gasteiger partial charge in [-0.2, -0.15) is 0 Å². The van der Waals surface area contributed by atoms with Crippen LogP contribution in [0.3, 0.4) is 0 Å². The molecule has 5 heteroatoms. The topological polar surface area (TPSA) is 45.6 Å². The quantitative estimate of drug-likeness (QED) is 0.663. The van der Waals surface area contributed by atoms with Gasteiger partial charge in [-0.25, -0.2) is 0 Å². The van der Waals surface area contributed by atoms with Crippen LogP contribution in [0.25, 0.3) is 0 Å². The Morgan fingerprint density at radius 1 is 0.968 bits per heavy atom. The molecule has 0 N–H and O–H groups in total. The van der Waals surface area contributed by atoms with Gasteiger partial charge in [0.15, 0.2) is 5.78 Å². The third-order valence-electron chi connectivity index (χ3n) is 8.82. The maximum absolute atomic E-state index is 13.6. The fourth-order valence-corrected chi connectivity index (χ4v) is 7.96. The van der Waals surface area contributed by atoms with Crippen LogP contribution in [0.15, 0.2) is 6.07 Å². The molecule has 170 valence electrons. The predicted molar refractivity (Wildman–Crippen MR) is 122 cm³/mol. The molecule has 0 aromatic carbocycles.